The molecule has 2 rings (SSSR count). The second kappa shape index (κ2) is 9.56. The van der Waals surface area contributed by atoms with Gasteiger partial charge in [0.15, 0.2) is 17.7 Å². The molecule has 0 spiro atoms. The van der Waals surface area contributed by atoms with Crippen molar-refractivity contribution in [1.29, 1.82) is 0 Å². The number of methoxy groups -OCH3 is 2. The predicted octanol–water partition coefficient (Wildman–Crippen LogP) is 2.75. The van der Waals surface area contributed by atoms with E-state index >= 15 is 0 Å². The molecule has 0 unspecified atom stereocenters. The third-order valence-electron chi connectivity index (χ3n) is 3.91. The van der Waals surface area contributed by atoms with Crippen molar-refractivity contribution in [2.45, 2.75) is 19.4 Å². The maximum atomic E-state index is 13.7. The lowest BCUT2D eigenvalue weighted by molar-refractivity contribution is -0.129. The molecule has 27 heavy (non-hydrogen) atoms. The van der Waals surface area contributed by atoms with Gasteiger partial charge >= 0.3 is 5.97 Å². The predicted molar refractivity (Wildman–Crippen MR) is 97.5 cm³/mol. The number of rotatable bonds is 8. The van der Waals surface area contributed by atoms with Crippen molar-refractivity contribution in [2.75, 3.05) is 20.8 Å². The number of carbonyl (C=O) groups is 2. The van der Waals surface area contributed by atoms with E-state index in [1.54, 1.807) is 7.11 Å². The number of esters is 1. The summed E-state index contributed by atoms with van der Waals surface area (Å²) in [5.74, 6) is -1.10. The first kappa shape index (κ1) is 20.2. The van der Waals surface area contributed by atoms with Crippen molar-refractivity contribution in [2.24, 2.45) is 0 Å². The maximum Gasteiger partial charge on any atom is 0.339 e. The molecule has 1 atom stereocenters. The Morgan fingerprint density at radius 2 is 1.78 bits per heavy atom. The van der Waals surface area contributed by atoms with Gasteiger partial charge in [0.2, 0.25) is 0 Å². The van der Waals surface area contributed by atoms with Crippen LogP contribution < -0.4 is 14.8 Å². The highest BCUT2D eigenvalue weighted by Crippen LogP contribution is 2.18. The molecule has 144 valence electrons. The van der Waals surface area contributed by atoms with Crippen LogP contribution in [0, 0.1) is 5.82 Å². The van der Waals surface area contributed by atoms with E-state index in [0.717, 1.165) is 17.4 Å². The van der Waals surface area contributed by atoms with Gasteiger partial charge < -0.3 is 19.5 Å². The van der Waals surface area contributed by atoms with Gasteiger partial charge in [-0.3, -0.25) is 4.79 Å². The van der Waals surface area contributed by atoms with Crippen molar-refractivity contribution < 1.29 is 28.2 Å². The standard InChI is InChI=1S/C20H22FNO5/c1-13(27-20(24)15-6-9-18(26-3)17(21)12-15)19(23)22-11-10-14-4-7-16(25-2)8-5-14/h4-9,12-13H,10-11H2,1-3H3,(H,22,23)/t13-/m0/s1. The van der Waals surface area contributed by atoms with Crippen LogP contribution in [0.1, 0.15) is 22.8 Å². The lowest BCUT2D eigenvalue weighted by Crippen LogP contribution is -2.36. The molecule has 7 heteroatoms. The third kappa shape index (κ3) is 5.70. The highest BCUT2D eigenvalue weighted by atomic mass is 19.1. The van der Waals surface area contributed by atoms with E-state index in [-0.39, 0.29) is 11.3 Å². The number of amides is 1. The van der Waals surface area contributed by atoms with E-state index in [1.807, 2.05) is 24.3 Å². The smallest absolute Gasteiger partial charge is 0.339 e. The Labute approximate surface area is 157 Å². The molecule has 0 heterocycles. The van der Waals surface area contributed by atoms with Gasteiger partial charge in [0.05, 0.1) is 19.8 Å². The average molecular weight is 375 g/mol. The van der Waals surface area contributed by atoms with Crippen molar-refractivity contribution in [3.05, 3.63) is 59.4 Å². The second-order valence-electron chi connectivity index (χ2n) is 5.79. The number of nitrogens with one attached hydrogen (secondary N) is 1. The number of halogens is 1. The normalized spacial score (nSPS) is 11.4. The Kier molecular flexibility index (Phi) is 7.16. The van der Waals surface area contributed by atoms with E-state index < -0.39 is 23.8 Å². The summed E-state index contributed by atoms with van der Waals surface area (Å²) in [7, 11) is 2.92. The molecule has 6 nitrogen and oxygen atoms in total. The first-order chi connectivity index (χ1) is 12.9. The third-order valence-corrected chi connectivity index (χ3v) is 3.91. The summed E-state index contributed by atoms with van der Waals surface area (Å²) >= 11 is 0. The van der Waals surface area contributed by atoms with Gasteiger partial charge in [-0.15, -0.1) is 0 Å². The Bertz CT molecular complexity index is 791. The summed E-state index contributed by atoms with van der Waals surface area (Å²) in [6.07, 6.45) is -0.376. The molecular weight excluding hydrogens is 353 g/mol. The highest BCUT2D eigenvalue weighted by molar-refractivity contribution is 5.92. The minimum Gasteiger partial charge on any atom is -0.497 e. The number of hydrogen-bond acceptors (Lipinski definition) is 5. The van der Waals surface area contributed by atoms with Crippen molar-refractivity contribution in [1.82, 2.24) is 5.32 Å². The first-order valence-electron chi connectivity index (χ1n) is 8.39. The molecule has 0 saturated heterocycles. The molecule has 0 radical (unpaired) electrons. The fourth-order valence-corrected chi connectivity index (χ4v) is 2.34. The second-order valence-corrected chi connectivity index (χ2v) is 5.79. The van der Waals surface area contributed by atoms with Crippen LogP contribution in [0.2, 0.25) is 0 Å². The molecular formula is C20H22FNO5. The largest absolute Gasteiger partial charge is 0.497 e. The fraction of sp³-hybridized carbons (Fsp3) is 0.300. The van der Waals surface area contributed by atoms with E-state index in [2.05, 4.69) is 5.32 Å². The number of benzene rings is 2. The quantitative estimate of drug-likeness (QED) is 0.718. The molecule has 0 aliphatic rings. The van der Waals surface area contributed by atoms with Gasteiger partial charge in [-0.2, -0.15) is 0 Å². The Hall–Kier alpha value is -3.09. The summed E-state index contributed by atoms with van der Waals surface area (Å²) in [6, 6.07) is 11.2. The molecule has 2 aromatic carbocycles. The molecule has 1 amide bonds. The van der Waals surface area contributed by atoms with Crippen molar-refractivity contribution >= 4 is 11.9 Å². The Morgan fingerprint density at radius 3 is 2.37 bits per heavy atom. The first-order valence-corrected chi connectivity index (χ1v) is 8.39. The fourth-order valence-electron chi connectivity index (χ4n) is 2.34. The Morgan fingerprint density at radius 1 is 1.07 bits per heavy atom. The summed E-state index contributed by atoms with van der Waals surface area (Å²) in [6.45, 7) is 1.85. The number of ether oxygens (including phenoxy) is 3. The number of hydrogen-bond donors (Lipinski definition) is 1. The van der Waals surface area contributed by atoms with Crippen LogP contribution in [0.15, 0.2) is 42.5 Å². The van der Waals surface area contributed by atoms with E-state index in [1.165, 1.54) is 26.2 Å². The zero-order valence-electron chi connectivity index (χ0n) is 15.5. The van der Waals surface area contributed by atoms with Crippen LogP contribution in [0.5, 0.6) is 11.5 Å². The molecule has 0 aliphatic heterocycles. The summed E-state index contributed by atoms with van der Waals surface area (Å²) in [5.41, 5.74) is 1.04. The van der Waals surface area contributed by atoms with E-state index in [0.29, 0.717) is 13.0 Å². The van der Waals surface area contributed by atoms with E-state index in [4.69, 9.17) is 14.2 Å². The summed E-state index contributed by atoms with van der Waals surface area (Å²) in [5, 5.41) is 2.70. The SMILES string of the molecule is COc1ccc(CCNC(=O)[C@H](C)OC(=O)c2ccc(OC)c(F)c2)cc1. The van der Waals surface area contributed by atoms with Crippen LogP contribution in [0.4, 0.5) is 4.39 Å². The molecule has 2 aromatic rings. The van der Waals surface area contributed by atoms with Crippen molar-refractivity contribution in [3.63, 3.8) is 0 Å². The number of carbonyl (C=O) groups excluding carboxylic acids is 2. The topological polar surface area (TPSA) is 73.9 Å². The monoisotopic (exact) mass is 375 g/mol. The van der Waals surface area contributed by atoms with Gasteiger partial charge in [0.25, 0.3) is 5.91 Å². The average Bonchev–Trinajstić information content (AvgIpc) is 2.68. The highest BCUT2D eigenvalue weighted by Gasteiger charge is 2.19. The van der Waals surface area contributed by atoms with E-state index in [9.17, 15) is 14.0 Å². The zero-order valence-corrected chi connectivity index (χ0v) is 15.5. The van der Waals surface area contributed by atoms with Crippen LogP contribution >= 0.6 is 0 Å². The van der Waals surface area contributed by atoms with Crippen LogP contribution in [0.25, 0.3) is 0 Å². The van der Waals surface area contributed by atoms with Gasteiger partial charge in [0, 0.05) is 6.54 Å². The Balaban J connectivity index is 1.82. The lowest BCUT2D eigenvalue weighted by Gasteiger charge is -2.14. The summed E-state index contributed by atoms with van der Waals surface area (Å²) < 4.78 is 28.6. The molecule has 0 aromatic heterocycles. The molecule has 0 aliphatic carbocycles. The maximum absolute atomic E-state index is 13.7. The van der Waals surface area contributed by atoms with Gasteiger partial charge in [-0.1, -0.05) is 12.1 Å². The molecule has 0 bridgehead atoms. The van der Waals surface area contributed by atoms with Crippen LogP contribution in [-0.4, -0.2) is 38.7 Å². The summed E-state index contributed by atoms with van der Waals surface area (Å²) in [4.78, 5) is 24.1. The lowest BCUT2D eigenvalue weighted by atomic mass is 10.1. The molecule has 1 N–H and O–H groups in total. The zero-order chi connectivity index (χ0) is 19.8. The van der Waals surface area contributed by atoms with Gasteiger partial charge in [0.1, 0.15) is 5.75 Å². The van der Waals surface area contributed by atoms with Crippen molar-refractivity contribution in [3.8, 4) is 11.5 Å². The minimum absolute atomic E-state index is 0.00572. The van der Waals surface area contributed by atoms with Gasteiger partial charge in [-0.25, -0.2) is 9.18 Å². The van der Waals surface area contributed by atoms with Crippen LogP contribution in [-0.2, 0) is 16.0 Å². The minimum atomic E-state index is -1.00. The molecule has 0 fully saturated rings. The van der Waals surface area contributed by atoms with Gasteiger partial charge in [-0.05, 0) is 49.2 Å². The van der Waals surface area contributed by atoms with Crippen LogP contribution in [0.3, 0.4) is 0 Å². The molecule has 0 saturated carbocycles.